The van der Waals surface area contributed by atoms with Gasteiger partial charge in [-0.1, -0.05) is 44.2 Å². The number of nitrogens with one attached hydrogen (secondary N) is 2. The van der Waals surface area contributed by atoms with Gasteiger partial charge in [-0.05, 0) is 29.7 Å². The molecule has 0 aliphatic carbocycles. The first kappa shape index (κ1) is 19.7. The zero-order valence-electron chi connectivity index (χ0n) is 15.6. The summed E-state index contributed by atoms with van der Waals surface area (Å²) in [5.74, 6) is -0.498. The molecule has 1 aromatic heterocycles. The molecular formula is C19H20N4O4S. The molecule has 0 saturated heterocycles. The molecule has 0 aliphatic rings. The number of aromatic nitrogens is 2. The second-order valence-electron chi connectivity index (χ2n) is 6.61. The zero-order chi connectivity index (χ0) is 20.5. The van der Waals surface area contributed by atoms with Crippen LogP contribution in [0.15, 0.2) is 58.2 Å². The Hall–Kier alpha value is -3.04. The Morgan fingerprint density at radius 2 is 1.64 bits per heavy atom. The summed E-state index contributed by atoms with van der Waals surface area (Å²) in [6, 6.07) is 12.9. The van der Waals surface area contributed by atoms with Crippen molar-refractivity contribution in [2.75, 3.05) is 0 Å². The Morgan fingerprint density at radius 1 is 1.04 bits per heavy atom. The van der Waals surface area contributed by atoms with Crippen molar-refractivity contribution in [2.45, 2.75) is 24.7 Å². The summed E-state index contributed by atoms with van der Waals surface area (Å²) in [7, 11) is -2.53. The van der Waals surface area contributed by atoms with E-state index >= 15 is 0 Å². The zero-order valence-corrected chi connectivity index (χ0v) is 16.4. The molecule has 0 aliphatic heterocycles. The van der Waals surface area contributed by atoms with Gasteiger partial charge in [0.05, 0.1) is 10.3 Å². The second kappa shape index (κ2) is 7.53. The van der Waals surface area contributed by atoms with Crippen LogP contribution in [0.3, 0.4) is 0 Å². The lowest BCUT2D eigenvalue weighted by Crippen LogP contribution is -2.42. The van der Waals surface area contributed by atoms with Gasteiger partial charge in [-0.3, -0.25) is 15.0 Å². The van der Waals surface area contributed by atoms with Crippen molar-refractivity contribution >= 4 is 26.7 Å². The molecular weight excluding hydrogens is 380 g/mol. The Labute approximate surface area is 162 Å². The smallest absolute Gasteiger partial charge is 0.272 e. The average molecular weight is 400 g/mol. The third kappa shape index (κ3) is 3.80. The number of sulfonamides is 1. The third-order valence-electron chi connectivity index (χ3n) is 4.33. The molecule has 0 saturated carbocycles. The van der Waals surface area contributed by atoms with E-state index in [0.717, 1.165) is 10.2 Å². The molecule has 9 heteroatoms. The number of carbonyl (C=O) groups excluding carboxylic acids is 1. The Kier molecular flexibility index (Phi) is 5.30. The van der Waals surface area contributed by atoms with E-state index in [2.05, 4.69) is 15.4 Å². The van der Waals surface area contributed by atoms with Crippen LogP contribution in [-0.2, 0) is 17.1 Å². The van der Waals surface area contributed by atoms with E-state index in [1.54, 1.807) is 36.4 Å². The van der Waals surface area contributed by atoms with E-state index in [9.17, 15) is 18.0 Å². The summed E-state index contributed by atoms with van der Waals surface area (Å²) in [6.45, 7) is 4.01. The summed E-state index contributed by atoms with van der Waals surface area (Å²) < 4.78 is 25.9. The highest BCUT2D eigenvalue weighted by atomic mass is 32.2. The number of aryl methyl sites for hydroxylation is 1. The molecule has 0 spiro atoms. The van der Waals surface area contributed by atoms with Crippen molar-refractivity contribution in [1.29, 1.82) is 0 Å². The molecule has 2 N–H and O–H groups in total. The molecule has 0 unspecified atom stereocenters. The lowest BCUT2D eigenvalue weighted by molar-refractivity contribution is 0.0940. The van der Waals surface area contributed by atoms with Crippen LogP contribution < -0.4 is 15.8 Å². The molecule has 146 valence electrons. The van der Waals surface area contributed by atoms with Crippen LogP contribution in [0, 0.1) is 0 Å². The summed E-state index contributed by atoms with van der Waals surface area (Å²) in [5, 5.41) is 4.62. The summed E-state index contributed by atoms with van der Waals surface area (Å²) >= 11 is 0. The molecule has 3 rings (SSSR count). The van der Waals surface area contributed by atoms with Crippen molar-refractivity contribution in [2.24, 2.45) is 7.05 Å². The van der Waals surface area contributed by atoms with Crippen LogP contribution in [0.25, 0.3) is 10.8 Å². The minimum absolute atomic E-state index is 0.0236. The number of rotatable bonds is 5. The largest absolute Gasteiger partial charge is 0.287 e. The van der Waals surface area contributed by atoms with Crippen molar-refractivity contribution in [3.63, 3.8) is 0 Å². The first-order chi connectivity index (χ1) is 13.2. The normalized spacial score (nSPS) is 11.7. The van der Waals surface area contributed by atoms with Crippen LogP contribution >= 0.6 is 0 Å². The molecule has 0 fully saturated rings. The molecule has 0 bridgehead atoms. The molecule has 0 atom stereocenters. The van der Waals surface area contributed by atoms with Crippen LogP contribution in [0.5, 0.6) is 0 Å². The van der Waals surface area contributed by atoms with Crippen LogP contribution in [-0.4, -0.2) is 24.1 Å². The number of hydrogen-bond acceptors (Lipinski definition) is 5. The van der Waals surface area contributed by atoms with Crippen LogP contribution in [0.1, 0.15) is 35.8 Å². The fourth-order valence-electron chi connectivity index (χ4n) is 2.73. The minimum atomic E-state index is -3.96. The molecule has 2 aromatic carbocycles. The van der Waals surface area contributed by atoms with Gasteiger partial charge in [-0.2, -0.15) is 5.10 Å². The van der Waals surface area contributed by atoms with Gasteiger partial charge in [0, 0.05) is 12.4 Å². The number of carbonyl (C=O) groups is 1. The number of nitrogens with zero attached hydrogens (tertiary/aromatic N) is 2. The minimum Gasteiger partial charge on any atom is -0.272 e. The highest BCUT2D eigenvalue weighted by Gasteiger charge is 2.19. The Morgan fingerprint density at radius 3 is 2.25 bits per heavy atom. The molecule has 3 aromatic rings. The number of amides is 1. The maximum Gasteiger partial charge on any atom is 0.287 e. The van der Waals surface area contributed by atoms with Gasteiger partial charge in [0.2, 0.25) is 0 Å². The lowest BCUT2D eigenvalue weighted by atomic mass is 10.0. The van der Waals surface area contributed by atoms with Gasteiger partial charge >= 0.3 is 0 Å². The fourth-order valence-corrected chi connectivity index (χ4v) is 3.57. The average Bonchev–Trinajstić information content (AvgIpc) is 2.69. The first-order valence-corrected chi connectivity index (χ1v) is 10.1. The monoisotopic (exact) mass is 400 g/mol. The van der Waals surface area contributed by atoms with Crippen molar-refractivity contribution in [3.05, 3.63) is 70.1 Å². The number of hydrogen-bond donors (Lipinski definition) is 2. The van der Waals surface area contributed by atoms with E-state index < -0.39 is 15.9 Å². The predicted molar refractivity (Wildman–Crippen MR) is 105 cm³/mol. The van der Waals surface area contributed by atoms with Crippen molar-refractivity contribution in [1.82, 2.24) is 20.0 Å². The standard InChI is InChI=1S/C19H20N4O4S/c1-12(2)13-8-10-14(11-9-13)28(26,27)22-20-18(24)17-15-6-4-5-7-16(15)19(25)23(3)21-17/h4-12,22H,1-3H3,(H,20,24). The summed E-state index contributed by atoms with van der Waals surface area (Å²) in [5.41, 5.74) is 2.75. The predicted octanol–water partition coefficient (Wildman–Crippen LogP) is 1.68. The highest BCUT2D eigenvalue weighted by molar-refractivity contribution is 7.89. The number of hydrazine groups is 1. The number of fused-ring (bicyclic) bond motifs is 1. The van der Waals surface area contributed by atoms with Gasteiger partial charge in [0.25, 0.3) is 21.5 Å². The van der Waals surface area contributed by atoms with Crippen molar-refractivity contribution < 1.29 is 13.2 Å². The maximum absolute atomic E-state index is 12.5. The highest BCUT2D eigenvalue weighted by Crippen LogP contribution is 2.17. The van der Waals surface area contributed by atoms with Gasteiger partial charge in [-0.15, -0.1) is 4.83 Å². The molecule has 28 heavy (non-hydrogen) atoms. The quantitative estimate of drug-likeness (QED) is 0.633. The van der Waals surface area contributed by atoms with E-state index in [-0.39, 0.29) is 22.1 Å². The van der Waals surface area contributed by atoms with Gasteiger partial charge < -0.3 is 0 Å². The fraction of sp³-hybridized carbons (Fsp3) is 0.211. The summed E-state index contributed by atoms with van der Waals surface area (Å²) in [6.07, 6.45) is 0. The van der Waals surface area contributed by atoms with E-state index in [1.807, 2.05) is 13.8 Å². The first-order valence-electron chi connectivity index (χ1n) is 8.59. The molecule has 0 radical (unpaired) electrons. The Balaban J connectivity index is 1.85. The van der Waals surface area contributed by atoms with Crippen molar-refractivity contribution in [3.8, 4) is 0 Å². The van der Waals surface area contributed by atoms with E-state index in [0.29, 0.717) is 10.8 Å². The van der Waals surface area contributed by atoms with Gasteiger partial charge in [0.15, 0.2) is 5.69 Å². The maximum atomic E-state index is 12.5. The molecule has 1 heterocycles. The number of benzene rings is 2. The lowest BCUT2D eigenvalue weighted by Gasteiger charge is -2.11. The van der Waals surface area contributed by atoms with E-state index in [1.165, 1.54) is 19.2 Å². The third-order valence-corrected chi connectivity index (χ3v) is 5.59. The SMILES string of the molecule is CC(C)c1ccc(S(=O)(=O)NNC(=O)c2nn(C)c(=O)c3ccccc23)cc1. The topological polar surface area (TPSA) is 110 Å². The summed E-state index contributed by atoms with van der Waals surface area (Å²) in [4.78, 5) is 26.8. The molecule has 1 amide bonds. The van der Waals surface area contributed by atoms with Gasteiger partial charge in [0.1, 0.15) is 0 Å². The molecule has 8 nitrogen and oxygen atoms in total. The Bertz CT molecular complexity index is 1200. The van der Waals surface area contributed by atoms with Crippen LogP contribution in [0.2, 0.25) is 0 Å². The van der Waals surface area contributed by atoms with E-state index in [4.69, 9.17) is 0 Å². The second-order valence-corrected chi connectivity index (χ2v) is 8.29. The van der Waals surface area contributed by atoms with Gasteiger partial charge in [-0.25, -0.2) is 13.1 Å². The van der Waals surface area contributed by atoms with Crippen LogP contribution in [0.4, 0.5) is 0 Å².